The second-order valence-corrected chi connectivity index (χ2v) is 8.13. The molecule has 4 rings (SSSR count). The van der Waals surface area contributed by atoms with Crippen molar-refractivity contribution in [3.8, 4) is 0 Å². The van der Waals surface area contributed by atoms with E-state index in [1.54, 1.807) is 6.07 Å². The van der Waals surface area contributed by atoms with Gasteiger partial charge >= 0.3 is 6.09 Å². The van der Waals surface area contributed by atoms with Crippen LogP contribution in [-0.2, 0) is 20.8 Å². The highest BCUT2D eigenvalue weighted by Crippen LogP contribution is 2.38. The van der Waals surface area contributed by atoms with Crippen molar-refractivity contribution in [2.24, 2.45) is 5.92 Å². The zero-order chi connectivity index (χ0) is 20.9. The molecule has 2 aliphatic rings. The summed E-state index contributed by atoms with van der Waals surface area (Å²) in [4.78, 5) is 24.3. The Morgan fingerprint density at radius 3 is 2.77 bits per heavy atom. The molecule has 0 unspecified atom stereocenters. The molecule has 0 spiro atoms. The Morgan fingerprint density at radius 2 is 2.00 bits per heavy atom. The summed E-state index contributed by atoms with van der Waals surface area (Å²) in [7, 11) is 0. The topological polar surface area (TPSA) is 105 Å². The van der Waals surface area contributed by atoms with Gasteiger partial charge in [0, 0.05) is 42.7 Å². The number of benzene rings is 1. The molecule has 2 aromatic rings. The van der Waals surface area contributed by atoms with Gasteiger partial charge in [-0.25, -0.2) is 4.79 Å². The molecule has 1 saturated heterocycles. The maximum atomic E-state index is 12.3. The molecule has 2 fully saturated rings. The first kappa shape index (κ1) is 20.7. The van der Waals surface area contributed by atoms with Crippen molar-refractivity contribution >= 4 is 29.4 Å². The first-order valence-corrected chi connectivity index (χ1v) is 10.6. The molecule has 1 aromatic carbocycles. The van der Waals surface area contributed by atoms with Crippen LogP contribution < -0.4 is 10.6 Å². The Labute approximate surface area is 179 Å². The molecule has 1 aromatic heterocycles. The predicted octanol–water partition coefficient (Wildman–Crippen LogP) is 3.60. The zero-order valence-electron chi connectivity index (χ0n) is 16.5. The molecule has 9 heteroatoms. The highest BCUT2D eigenvalue weighted by atomic mass is 35.5. The SMILES string of the molecule is O=C(NCc1ccccc1Cl)O[C@H]1C[C@@H](c2cc(NC(=O)C3CCOCC3)[nH]n2)C1. The van der Waals surface area contributed by atoms with Crippen LogP contribution >= 0.6 is 11.6 Å². The van der Waals surface area contributed by atoms with E-state index in [4.69, 9.17) is 21.1 Å². The highest BCUT2D eigenvalue weighted by Gasteiger charge is 2.35. The average molecular weight is 433 g/mol. The van der Waals surface area contributed by atoms with Gasteiger partial charge < -0.3 is 20.1 Å². The van der Waals surface area contributed by atoms with E-state index in [9.17, 15) is 9.59 Å². The van der Waals surface area contributed by atoms with Crippen LogP contribution in [0, 0.1) is 5.92 Å². The highest BCUT2D eigenvalue weighted by molar-refractivity contribution is 6.31. The van der Waals surface area contributed by atoms with Crippen LogP contribution in [0.25, 0.3) is 0 Å². The lowest BCUT2D eigenvalue weighted by atomic mass is 9.80. The number of alkyl carbamates (subject to hydrolysis) is 1. The van der Waals surface area contributed by atoms with Crippen LogP contribution in [0.1, 0.15) is 42.9 Å². The van der Waals surface area contributed by atoms with Gasteiger partial charge in [-0.1, -0.05) is 29.8 Å². The Morgan fingerprint density at radius 1 is 1.23 bits per heavy atom. The molecule has 1 aliphatic carbocycles. The normalized spacial score (nSPS) is 21.5. The van der Waals surface area contributed by atoms with E-state index in [2.05, 4.69) is 20.8 Å². The fourth-order valence-electron chi connectivity index (χ4n) is 3.71. The van der Waals surface area contributed by atoms with E-state index in [0.717, 1.165) is 24.1 Å². The lowest BCUT2D eigenvalue weighted by Gasteiger charge is -2.33. The van der Waals surface area contributed by atoms with Crippen molar-refractivity contribution in [2.75, 3.05) is 18.5 Å². The fourth-order valence-corrected chi connectivity index (χ4v) is 3.91. The zero-order valence-corrected chi connectivity index (χ0v) is 17.3. The summed E-state index contributed by atoms with van der Waals surface area (Å²) in [6.45, 7) is 1.58. The fraction of sp³-hybridized carbons (Fsp3) is 0.476. The maximum Gasteiger partial charge on any atom is 0.407 e. The van der Waals surface area contributed by atoms with E-state index >= 15 is 0 Å². The first-order chi connectivity index (χ1) is 14.6. The number of aromatic nitrogens is 2. The minimum Gasteiger partial charge on any atom is -0.446 e. The summed E-state index contributed by atoms with van der Waals surface area (Å²) in [5.41, 5.74) is 1.71. The third-order valence-electron chi connectivity index (χ3n) is 5.62. The number of hydrogen-bond donors (Lipinski definition) is 3. The van der Waals surface area contributed by atoms with E-state index in [1.165, 1.54) is 0 Å². The Bertz CT molecular complexity index is 891. The number of anilines is 1. The monoisotopic (exact) mass is 432 g/mol. The van der Waals surface area contributed by atoms with Crippen LogP contribution in [0.2, 0.25) is 5.02 Å². The Balaban J connectivity index is 1.19. The molecule has 3 N–H and O–H groups in total. The van der Waals surface area contributed by atoms with Crippen LogP contribution in [0.5, 0.6) is 0 Å². The maximum absolute atomic E-state index is 12.3. The molecule has 8 nitrogen and oxygen atoms in total. The molecule has 30 heavy (non-hydrogen) atoms. The molecule has 2 amide bonds. The minimum atomic E-state index is -0.454. The largest absolute Gasteiger partial charge is 0.446 e. The van der Waals surface area contributed by atoms with Crippen molar-refractivity contribution in [1.29, 1.82) is 0 Å². The molecule has 0 atom stereocenters. The number of carbonyl (C=O) groups is 2. The van der Waals surface area contributed by atoms with E-state index in [1.807, 2.05) is 24.3 Å². The summed E-state index contributed by atoms with van der Waals surface area (Å²) < 4.78 is 10.7. The number of carbonyl (C=O) groups excluding carboxylic acids is 2. The lowest BCUT2D eigenvalue weighted by Crippen LogP contribution is -2.36. The van der Waals surface area contributed by atoms with E-state index in [0.29, 0.717) is 43.4 Å². The minimum absolute atomic E-state index is 0.00138. The number of hydrogen-bond acceptors (Lipinski definition) is 5. The Kier molecular flexibility index (Phi) is 6.54. The molecular formula is C21H25ClN4O4. The van der Waals surface area contributed by atoms with Crippen LogP contribution in [0.15, 0.2) is 30.3 Å². The summed E-state index contributed by atoms with van der Waals surface area (Å²) in [5, 5.41) is 13.4. The van der Waals surface area contributed by atoms with Crippen molar-refractivity contribution in [1.82, 2.24) is 15.5 Å². The molecule has 0 bridgehead atoms. The third-order valence-corrected chi connectivity index (χ3v) is 5.98. The number of nitrogens with zero attached hydrogens (tertiary/aromatic N) is 1. The second kappa shape index (κ2) is 9.49. The van der Waals surface area contributed by atoms with Crippen molar-refractivity contribution in [2.45, 2.75) is 44.2 Å². The van der Waals surface area contributed by atoms with Gasteiger partial charge in [0.1, 0.15) is 11.9 Å². The van der Waals surface area contributed by atoms with Gasteiger partial charge in [-0.2, -0.15) is 5.10 Å². The molecule has 0 radical (unpaired) electrons. The van der Waals surface area contributed by atoms with Crippen LogP contribution in [0.3, 0.4) is 0 Å². The quantitative estimate of drug-likeness (QED) is 0.646. The van der Waals surface area contributed by atoms with Gasteiger partial charge in [0.15, 0.2) is 0 Å². The first-order valence-electron chi connectivity index (χ1n) is 10.2. The number of H-pyrrole nitrogens is 1. The van der Waals surface area contributed by atoms with Gasteiger partial charge in [-0.15, -0.1) is 0 Å². The number of rotatable bonds is 6. The van der Waals surface area contributed by atoms with Crippen molar-refractivity contribution in [3.05, 3.63) is 46.6 Å². The molecular weight excluding hydrogens is 408 g/mol. The average Bonchev–Trinajstić information content (AvgIpc) is 3.18. The third kappa shape index (κ3) is 5.12. The number of aromatic amines is 1. The molecule has 1 aliphatic heterocycles. The van der Waals surface area contributed by atoms with Crippen LogP contribution in [-0.4, -0.2) is 41.5 Å². The van der Waals surface area contributed by atoms with Gasteiger partial charge in [0.05, 0.1) is 5.69 Å². The smallest absolute Gasteiger partial charge is 0.407 e. The second-order valence-electron chi connectivity index (χ2n) is 7.72. The van der Waals surface area contributed by atoms with Gasteiger partial charge in [0.2, 0.25) is 5.91 Å². The van der Waals surface area contributed by atoms with Crippen molar-refractivity contribution < 1.29 is 19.1 Å². The van der Waals surface area contributed by atoms with Gasteiger partial charge in [0.25, 0.3) is 0 Å². The number of halogens is 1. The number of nitrogens with one attached hydrogen (secondary N) is 3. The summed E-state index contributed by atoms with van der Waals surface area (Å²) in [5.74, 6) is 0.787. The molecule has 2 heterocycles. The van der Waals surface area contributed by atoms with Gasteiger partial charge in [-0.3, -0.25) is 9.89 Å². The number of amides is 2. The Hall–Kier alpha value is -2.58. The summed E-state index contributed by atoms with van der Waals surface area (Å²) in [6, 6.07) is 9.21. The predicted molar refractivity (Wildman–Crippen MR) is 111 cm³/mol. The molecule has 160 valence electrons. The lowest BCUT2D eigenvalue weighted by molar-refractivity contribution is -0.122. The summed E-state index contributed by atoms with van der Waals surface area (Å²) >= 11 is 6.08. The standard InChI is InChI=1S/C21H25ClN4O4/c22-17-4-2-1-3-14(17)12-23-21(28)30-16-9-15(10-16)18-11-19(26-25-18)24-20(27)13-5-7-29-8-6-13/h1-4,11,13,15-16H,5-10,12H2,(H,23,28)(H2,24,25,26,27)/t15-,16+. The van der Waals surface area contributed by atoms with E-state index in [-0.39, 0.29) is 23.8 Å². The number of ether oxygens (including phenoxy) is 2. The van der Waals surface area contributed by atoms with Crippen molar-refractivity contribution in [3.63, 3.8) is 0 Å². The van der Waals surface area contributed by atoms with Gasteiger partial charge in [-0.05, 0) is 37.3 Å². The summed E-state index contributed by atoms with van der Waals surface area (Å²) in [6.07, 6.45) is 2.30. The van der Waals surface area contributed by atoms with Crippen LogP contribution in [0.4, 0.5) is 10.6 Å². The molecule has 1 saturated carbocycles. The van der Waals surface area contributed by atoms with E-state index < -0.39 is 6.09 Å².